The van der Waals surface area contributed by atoms with Crippen LogP contribution in [0.15, 0.2) is 5.38 Å². The molecule has 0 amide bonds. The molecular weight excluding hydrogens is 180 g/mol. The molecule has 0 spiro atoms. The van der Waals surface area contributed by atoms with Gasteiger partial charge < -0.3 is 4.90 Å². The zero-order chi connectivity index (χ0) is 9.84. The van der Waals surface area contributed by atoms with Crippen molar-refractivity contribution in [3.8, 4) is 0 Å². The van der Waals surface area contributed by atoms with Crippen LogP contribution in [-0.2, 0) is 0 Å². The second-order valence-corrected chi connectivity index (χ2v) is 4.04. The first-order chi connectivity index (χ1) is 6.20. The summed E-state index contributed by atoms with van der Waals surface area (Å²) in [5, 5.41) is 2.14. The predicted molar refractivity (Wildman–Crippen MR) is 59.8 cm³/mol. The quantitative estimate of drug-likeness (QED) is 0.739. The summed E-state index contributed by atoms with van der Waals surface area (Å²) in [6, 6.07) is 0. The summed E-state index contributed by atoms with van der Waals surface area (Å²) in [6.45, 7) is 7.65. The Morgan fingerprint density at radius 3 is 2.77 bits per heavy atom. The fourth-order valence-electron chi connectivity index (χ4n) is 1.23. The minimum Gasteiger partial charge on any atom is -0.373 e. The Bertz CT molecular complexity index is 233. The molecule has 0 aromatic carbocycles. The van der Waals surface area contributed by atoms with Crippen LogP contribution in [0.3, 0.4) is 0 Å². The Balaban J connectivity index is 2.88. The zero-order valence-electron chi connectivity index (χ0n) is 8.87. The highest BCUT2D eigenvalue weighted by Crippen LogP contribution is 2.29. The van der Waals surface area contributed by atoms with Gasteiger partial charge in [0.15, 0.2) is 0 Å². The summed E-state index contributed by atoms with van der Waals surface area (Å²) in [6.07, 6.45) is 1.16. The molecule has 0 saturated carbocycles. The monoisotopic (exact) mass is 198 g/mol. The van der Waals surface area contributed by atoms with Crippen molar-refractivity contribution in [2.24, 2.45) is 0 Å². The minimum absolute atomic E-state index is 0.579. The molecule has 0 saturated heterocycles. The maximum Gasteiger partial charge on any atom is 0.0803 e. The van der Waals surface area contributed by atoms with Crippen molar-refractivity contribution in [3.05, 3.63) is 11.1 Å². The number of anilines is 1. The molecule has 1 rings (SSSR count). The zero-order valence-corrected chi connectivity index (χ0v) is 9.69. The molecule has 1 aromatic heterocycles. The third kappa shape index (κ3) is 2.21. The number of hydrogen-bond donors (Lipinski definition) is 0. The Hall–Kier alpha value is -0.570. The molecule has 0 aliphatic rings. The average Bonchev–Trinajstić information content (AvgIpc) is 2.63. The summed E-state index contributed by atoms with van der Waals surface area (Å²) < 4.78 is 4.46. The highest BCUT2D eigenvalue weighted by atomic mass is 32.1. The van der Waals surface area contributed by atoms with E-state index in [1.165, 1.54) is 11.4 Å². The lowest BCUT2D eigenvalue weighted by Crippen LogP contribution is -2.17. The van der Waals surface area contributed by atoms with Gasteiger partial charge in [-0.25, -0.2) is 0 Å². The van der Waals surface area contributed by atoms with Crippen LogP contribution in [0, 0.1) is 0 Å². The van der Waals surface area contributed by atoms with E-state index in [0.717, 1.165) is 13.0 Å². The SMILES string of the molecule is CCC(C)c1nscc1N(C)CC. The van der Waals surface area contributed by atoms with Crippen LogP contribution >= 0.6 is 11.5 Å². The van der Waals surface area contributed by atoms with Crippen LogP contribution in [0.4, 0.5) is 5.69 Å². The molecule has 0 N–H and O–H groups in total. The van der Waals surface area contributed by atoms with Crippen molar-refractivity contribution in [2.75, 3.05) is 18.5 Å². The molecular formula is C10H18N2S. The Morgan fingerprint density at radius 1 is 1.54 bits per heavy atom. The Morgan fingerprint density at radius 2 is 2.23 bits per heavy atom. The van der Waals surface area contributed by atoms with E-state index in [1.807, 2.05) is 0 Å². The minimum atomic E-state index is 0.579. The van der Waals surface area contributed by atoms with Crippen LogP contribution in [-0.4, -0.2) is 18.0 Å². The van der Waals surface area contributed by atoms with E-state index in [4.69, 9.17) is 0 Å². The van der Waals surface area contributed by atoms with Crippen molar-refractivity contribution in [1.82, 2.24) is 4.37 Å². The normalized spacial score (nSPS) is 12.9. The van der Waals surface area contributed by atoms with E-state index in [0.29, 0.717) is 5.92 Å². The van der Waals surface area contributed by atoms with Crippen molar-refractivity contribution in [3.63, 3.8) is 0 Å². The van der Waals surface area contributed by atoms with Crippen LogP contribution in [0.1, 0.15) is 38.8 Å². The van der Waals surface area contributed by atoms with E-state index in [1.54, 1.807) is 11.5 Å². The highest BCUT2D eigenvalue weighted by molar-refractivity contribution is 7.04. The molecule has 0 aliphatic heterocycles. The van der Waals surface area contributed by atoms with E-state index >= 15 is 0 Å². The van der Waals surface area contributed by atoms with Crippen molar-refractivity contribution < 1.29 is 0 Å². The smallest absolute Gasteiger partial charge is 0.0803 e. The van der Waals surface area contributed by atoms with E-state index in [2.05, 4.69) is 42.5 Å². The van der Waals surface area contributed by atoms with Crippen molar-refractivity contribution in [1.29, 1.82) is 0 Å². The first kappa shape index (κ1) is 10.5. The van der Waals surface area contributed by atoms with Gasteiger partial charge in [-0.05, 0) is 24.9 Å². The molecule has 1 aromatic rings. The van der Waals surface area contributed by atoms with Gasteiger partial charge in [0.25, 0.3) is 0 Å². The number of rotatable bonds is 4. The first-order valence-corrected chi connectivity index (χ1v) is 5.69. The predicted octanol–water partition coefficient (Wildman–Crippen LogP) is 3.11. The number of aromatic nitrogens is 1. The van der Waals surface area contributed by atoms with Gasteiger partial charge in [0, 0.05) is 24.9 Å². The molecule has 3 heteroatoms. The summed E-state index contributed by atoms with van der Waals surface area (Å²) in [4.78, 5) is 2.25. The van der Waals surface area contributed by atoms with Crippen LogP contribution in [0.5, 0.6) is 0 Å². The molecule has 0 fully saturated rings. The van der Waals surface area contributed by atoms with E-state index < -0.39 is 0 Å². The third-order valence-corrected chi connectivity index (χ3v) is 3.17. The topological polar surface area (TPSA) is 16.1 Å². The summed E-state index contributed by atoms with van der Waals surface area (Å²) >= 11 is 1.56. The second kappa shape index (κ2) is 4.61. The summed E-state index contributed by atoms with van der Waals surface area (Å²) in [5.41, 5.74) is 2.57. The standard InChI is InChI=1S/C10H18N2S/c1-5-8(3)10-9(7-13-11-10)12(4)6-2/h7-8H,5-6H2,1-4H3. The molecule has 74 valence electrons. The molecule has 0 radical (unpaired) electrons. The second-order valence-electron chi connectivity index (χ2n) is 3.41. The molecule has 1 atom stereocenters. The van der Waals surface area contributed by atoms with E-state index in [-0.39, 0.29) is 0 Å². The van der Waals surface area contributed by atoms with Gasteiger partial charge in [-0.1, -0.05) is 13.8 Å². The molecule has 1 heterocycles. The first-order valence-electron chi connectivity index (χ1n) is 4.86. The Labute approximate surface area is 84.7 Å². The highest BCUT2D eigenvalue weighted by Gasteiger charge is 2.14. The van der Waals surface area contributed by atoms with Gasteiger partial charge in [0.2, 0.25) is 0 Å². The molecule has 13 heavy (non-hydrogen) atoms. The van der Waals surface area contributed by atoms with Crippen LogP contribution < -0.4 is 4.90 Å². The van der Waals surface area contributed by atoms with Gasteiger partial charge in [-0.3, -0.25) is 0 Å². The lowest BCUT2D eigenvalue weighted by Gasteiger charge is -2.18. The fourth-order valence-corrected chi connectivity index (χ4v) is 2.07. The molecule has 2 nitrogen and oxygen atoms in total. The molecule has 0 aliphatic carbocycles. The van der Waals surface area contributed by atoms with Crippen molar-refractivity contribution >= 4 is 17.2 Å². The van der Waals surface area contributed by atoms with Gasteiger partial charge in [-0.2, -0.15) is 4.37 Å². The maximum absolute atomic E-state index is 4.46. The summed E-state index contributed by atoms with van der Waals surface area (Å²) in [7, 11) is 2.12. The number of nitrogens with zero attached hydrogens (tertiary/aromatic N) is 2. The van der Waals surface area contributed by atoms with Crippen molar-refractivity contribution in [2.45, 2.75) is 33.1 Å². The van der Waals surface area contributed by atoms with Gasteiger partial charge in [-0.15, -0.1) is 0 Å². The lowest BCUT2D eigenvalue weighted by atomic mass is 10.0. The fraction of sp³-hybridized carbons (Fsp3) is 0.700. The maximum atomic E-state index is 4.46. The molecule has 0 bridgehead atoms. The Kier molecular flexibility index (Phi) is 3.72. The number of hydrogen-bond acceptors (Lipinski definition) is 3. The third-order valence-electron chi connectivity index (χ3n) is 2.54. The van der Waals surface area contributed by atoms with Gasteiger partial charge in [0.05, 0.1) is 11.4 Å². The van der Waals surface area contributed by atoms with Gasteiger partial charge in [0.1, 0.15) is 0 Å². The van der Waals surface area contributed by atoms with Gasteiger partial charge >= 0.3 is 0 Å². The lowest BCUT2D eigenvalue weighted by molar-refractivity contribution is 0.713. The largest absolute Gasteiger partial charge is 0.373 e. The van der Waals surface area contributed by atoms with E-state index in [9.17, 15) is 0 Å². The van der Waals surface area contributed by atoms with Crippen LogP contribution in [0.25, 0.3) is 0 Å². The van der Waals surface area contributed by atoms with Crippen LogP contribution in [0.2, 0.25) is 0 Å². The summed E-state index contributed by atoms with van der Waals surface area (Å²) in [5.74, 6) is 0.579. The molecule has 1 unspecified atom stereocenters. The average molecular weight is 198 g/mol.